The summed E-state index contributed by atoms with van der Waals surface area (Å²) in [6, 6.07) is 7.14. The van der Waals surface area contributed by atoms with Crippen molar-refractivity contribution in [3.63, 3.8) is 0 Å². The molecule has 1 aliphatic rings. The molecule has 1 aromatic carbocycles. The molecule has 1 atom stereocenters. The molecule has 0 aliphatic carbocycles. The molecular formula is C12H17N3O2. The maximum absolute atomic E-state index is 12.1. The highest BCUT2D eigenvalue weighted by Gasteiger charge is 2.31. The normalized spacial score (nSPS) is 23.4. The summed E-state index contributed by atoms with van der Waals surface area (Å²) in [4.78, 5) is 12.1. The Morgan fingerprint density at radius 2 is 2.24 bits per heavy atom. The monoisotopic (exact) mass is 235 g/mol. The summed E-state index contributed by atoms with van der Waals surface area (Å²) >= 11 is 0. The van der Waals surface area contributed by atoms with Crippen molar-refractivity contribution in [2.45, 2.75) is 18.9 Å². The molecule has 5 heteroatoms. The molecule has 1 saturated heterocycles. The van der Waals surface area contributed by atoms with Gasteiger partial charge in [0.25, 0.3) is 5.91 Å². The Bertz CT molecular complexity index is 414. The summed E-state index contributed by atoms with van der Waals surface area (Å²) < 4.78 is 5.30. The second kappa shape index (κ2) is 4.73. The number of carbonyl (C=O) groups is 1. The van der Waals surface area contributed by atoms with Crippen molar-refractivity contribution >= 4 is 11.6 Å². The van der Waals surface area contributed by atoms with Gasteiger partial charge in [0, 0.05) is 6.61 Å². The van der Waals surface area contributed by atoms with Gasteiger partial charge in [-0.05, 0) is 25.5 Å². The molecule has 0 aromatic heterocycles. The van der Waals surface area contributed by atoms with Gasteiger partial charge in [0.2, 0.25) is 0 Å². The van der Waals surface area contributed by atoms with E-state index in [2.05, 4.69) is 10.7 Å². The topological polar surface area (TPSA) is 76.4 Å². The number of anilines is 1. The minimum Gasteiger partial charge on any atom is -0.379 e. The Morgan fingerprint density at radius 3 is 2.88 bits per heavy atom. The molecule has 1 heterocycles. The van der Waals surface area contributed by atoms with E-state index in [1.54, 1.807) is 12.1 Å². The highest BCUT2D eigenvalue weighted by atomic mass is 16.5. The molecule has 0 spiro atoms. The second-order valence-corrected chi connectivity index (χ2v) is 4.51. The van der Waals surface area contributed by atoms with E-state index in [1.807, 2.05) is 19.1 Å². The van der Waals surface area contributed by atoms with Crippen molar-refractivity contribution in [3.05, 3.63) is 29.8 Å². The summed E-state index contributed by atoms with van der Waals surface area (Å²) in [5.74, 6) is 5.24. The summed E-state index contributed by atoms with van der Waals surface area (Å²) in [5, 5.41) is 2.99. The van der Waals surface area contributed by atoms with Gasteiger partial charge in [0.05, 0.1) is 23.4 Å². The zero-order valence-corrected chi connectivity index (χ0v) is 9.82. The Hall–Kier alpha value is -1.59. The number of benzene rings is 1. The number of carbonyl (C=O) groups excluding carboxylic acids is 1. The van der Waals surface area contributed by atoms with Crippen LogP contribution in [0.2, 0.25) is 0 Å². The molecular weight excluding hydrogens is 218 g/mol. The standard InChI is InChI=1S/C12H17N3O2/c1-12(6-7-17-8-12)14-11(16)9-4-2-3-5-10(9)15-13/h2-5,15H,6-8,13H2,1H3,(H,14,16). The summed E-state index contributed by atoms with van der Waals surface area (Å²) in [6.07, 6.45) is 0.830. The van der Waals surface area contributed by atoms with Crippen LogP contribution < -0.4 is 16.6 Å². The Morgan fingerprint density at radius 1 is 1.47 bits per heavy atom. The maximum atomic E-state index is 12.1. The maximum Gasteiger partial charge on any atom is 0.253 e. The van der Waals surface area contributed by atoms with Gasteiger partial charge in [-0.1, -0.05) is 12.1 Å². The number of para-hydroxylation sites is 1. The first-order valence-electron chi connectivity index (χ1n) is 5.60. The second-order valence-electron chi connectivity index (χ2n) is 4.51. The minimum atomic E-state index is -0.279. The Labute approximate surface area is 100 Å². The molecule has 1 amide bonds. The molecule has 0 bridgehead atoms. The number of nitrogen functional groups attached to an aromatic ring is 1. The molecule has 5 nitrogen and oxygen atoms in total. The lowest BCUT2D eigenvalue weighted by molar-refractivity contribution is 0.0890. The number of amides is 1. The van der Waals surface area contributed by atoms with E-state index in [0.717, 1.165) is 6.42 Å². The summed E-state index contributed by atoms with van der Waals surface area (Å²) in [7, 11) is 0. The van der Waals surface area contributed by atoms with Crippen LogP contribution in [-0.2, 0) is 4.74 Å². The van der Waals surface area contributed by atoms with Crippen molar-refractivity contribution < 1.29 is 9.53 Å². The molecule has 2 rings (SSSR count). The van der Waals surface area contributed by atoms with Crippen molar-refractivity contribution in [1.29, 1.82) is 0 Å². The number of rotatable bonds is 3. The van der Waals surface area contributed by atoms with Crippen LogP contribution in [0.4, 0.5) is 5.69 Å². The molecule has 1 fully saturated rings. The quantitative estimate of drug-likeness (QED) is 0.537. The third kappa shape index (κ3) is 2.57. The smallest absolute Gasteiger partial charge is 0.253 e. The van der Waals surface area contributed by atoms with E-state index in [0.29, 0.717) is 24.5 Å². The first-order valence-corrected chi connectivity index (χ1v) is 5.60. The van der Waals surface area contributed by atoms with Gasteiger partial charge in [0.15, 0.2) is 0 Å². The molecule has 92 valence electrons. The molecule has 0 radical (unpaired) electrons. The van der Waals surface area contributed by atoms with Gasteiger partial charge in [-0.15, -0.1) is 0 Å². The van der Waals surface area contributed by atoms with Crippen molar-refractivity contribution in [2.24, 2.45) is 5.84 Å². The van der Waals surface area contributed by atoms with Crippen LogP contribution in [0.3, 0.4) is 0 Å². The molecule has 17 heavy (non-hydrogen) atoms. The third-order valence-electron chi connectivity index (χ3n) is 2.96. The average Bonchev–Trinajstić information content (AvgIpc) is 2.75. The van der Waals surface area contributed by atoms with Crippen LogP contribution >= 0.6 is 0 Å². The lowest BCUT2D eigenvalue weighted by Crippen LogP contribution is -2.46. The zero-order valence-electron chi connectivity index (χ0n) is 9.82. The van der Waals surface area contributed by atoms with Crippen LogP contribution in [0.1, 0.15) is 23.7 Å². The Kier molecular flexibility index (Phi) is 3.31. The van der Waals surface area contributed by atoms with E-state index in [4.69, 9.17) is 10.6 Å². The minimum absolute atomic E-state index is 0.133. The van der Waals surface area contributed by atoms with Crippen LogP contribution in [0, 0.1) is 0 Å². The number of nitrogens with two attached hydrogens (primary N) is 1. The highest BCUT2D eigenvalue weighted by molar-refractivity contribution is 5.99. The van der Waals surface area contributed by atoms with Crippen LogP contribution in [-0.4, -0.2) is 24.7 Å². The highest BCUT2D eigenvalue weighted by Crippen LogP contribution is 2.20. The molecule has 1 unspecified atom stereocenters. The lowest BCUT2D eigenvalue weighted by Gasteiger charge is -2.24. The van der Waals surface area contributed by atoms with Crippen LogP contribution in [0.25, 0.3) is 0 Å². The fraction of sp³-hybridized carbons (Fsp3) is 0.417. The SMILES string of the molecule is CC1(NC(=O)c2ccccc2NN)CCOC1. The first kappa shape index (κ1) is 11.9. The van der Waals surface area contributed by atoms with E-state index < -0.39 is 0 Å². The number of nitrogens with one attached hydrogen (secondary N) is 2. The Balaban J connectivity index is 2.14. The largest absolute Gasteiger partial charge is 0.379 e. The lowest BCUT2D eigenvalue weighted by atomic mass is 10.0. The fourth-order valence-corrected chi connectivity index (χ4v) is 1.91. The first-order chi connectivity index (χ1) is 8.14. The average molecular weight is 235 g/mol. The molecule has 1 aromatic rings. The number of hydrogen-bond acceptors (Lipinski definition) is 4. The zero-order chi connectivity index (χ0) is 12.3. The number of hydrazine groups is 1. The van der Waals surface area contributed by atoms with Gasteiger partial charge in [-0.2, -0.15) is 0 Å². The van der Waals surface area contributed by atoms with Gasteiger partial charge in [0.1, 0.15) is 0 Å². The predicted molar refractivity (Wildman–Crippen MR) is 65.6 cm³/mol. The summed E-state index contributed by atoms with van der Waals surface area (Å²) in [6.45, 7) is 3.22. The van der Waals surface area contributed by atoms with E-state index in [-0.39, 0.29) is 11.4 Å². The van der Waals surface area contributed by atoms with Gasteiger partial charge in [-0.25, -0.2) is 0 Å². The van der Waals surface area contributed by atoms with Crippen LogP contribution in [0.15, 0.2) is 24.3 Å². The van der Waals surface area contributed by atoms with Crippen molar-refractivity contribution in [1.82, 2.24) is 5.32 Å². The molecule has 1 aliphatic heterocycles. The van der Waals surface area contributed by atoms with E-state index in [1.165, 1.54) is 0 Å². The van der Waals surface area contributed by atoms with E-state index in [9.17, 15) is 4.79 Å². The van der Waals surface area contributed by atoms with Crippen LogP contribution in [0.5, 0.6) is 0 Å². The van der Waals surface area contributed by atoms with Crippen molar-refractivity contribution in [3.8, 4) is 0 Å². The number of hydrogen-bond donors (Lipinski definition) is 3. The summed E-state index contributed by atoms with van der Waals surface area (Å²) in [5.41, 5.74) is 3.41. The molecule has 0 saturated carbocycles. The van der Waals surface area contributed by atoms with E-state index >= 15 is 0 Å². The number of ether oxygens (including phenoxy) is 1. The molecule has 4 N–H and O–H groups in total. The van der Waals surface area contributed by atoms with Crippen molar-refractivity contribution in [2.75, 3.05) is 18.6 Å². The van der Waals surface area contributed by atoms with Gasteiger partial charge >= 0.3 is 0 Å². The third-order valence-corrected chi connectivity index (χ3v) is 2.96. The fourth-order valence-electron chi connectivity index (χ4n) is 1.91. The van der Waals surface area contributed by atoms with Gasteiger partial charge in [-0.3, -0.25) is 10.6 Å². The van der Waals surface area contributed by atoms with Gasteiger partial charge < -0.3 is 15.5 Å². The predicted octanol–water partition coefficient (Wildman–Crippen LogP) is 0.881.